The molecule has 2 unspecified atom stereocenters. The zero-order chi connectivity index (χ0) is 18.9. The fourth-order valence-corrected chi connectivity index (χ4v) is 6.87. The molecule has 0 radical (unpaired) electrons. The first kappa shape index (κ1) is 17.5. The first-order valence-electron chi connectivity index (χ1n) is 8.98. The van der Waals surface area contributed by atoms with Gasteiger partial charge < -0.3 is 4.90 Å². The predicted octanol–water partition coefficient (Wildman–Crippen LogP) is 2.26. The second kappa shape index (κ2) is 5.31. The van der Waals surface area contributed by atoms with E-state index in [1.807, 2.05) is 0 Å². The molecule has 4 rings (SSSR count). The van der Waals surface area contributed by atoms with Crippen LogP contribution >= 0.6 is 0 Å². The molecule has 1 aromatic carbocycles. The van der Waals surface area contributed by atoms with Gasteiger partial charge >= 0.3 is 0 Å². The largest absolute Gasteiger partial charge is 0.338 e. The molecule has 2 atom stereocenters. The Hall–Kier alpha value is -1.89. The lowest BCUT2D eigenvalue weighted by Crippen LogP contribution is -2.45. The molecule has 0 spiro atoms. The molecule has 1 aliphatic carbocycles. The van der Waals surface area contributed by atoms with E-state index < -0.39 is 22.5 Å². The Morgan fingerprint density at radius 3 is 2.58 bits per heavy atom. The summed E-state index contributed by atoms with van der Waals surface area (Å²) in [7, 11) is -3.94. The van der Waals surface area contributed by atoms with Crippen molar-refractivity contribution in [2.45, 2.75) is 51.0 Å². The molecule has 26 heavy (non-hydrogen) atoms. The number of likely N-dealkylation sites (tertiary alicyclic amines) is 1. The molecule has 1 aromatic rings. The highest BCUT2D eigenvalue weighted by molar-refractivity contribution is 7.90. The molecule has 2 fully saturated rings. The van der Waals surface area contributed by atoms with Gasteiger partial charge in [0.15, 0.2) is 0 Å². The van der Waals surface area contributed by atoms with E-state index in [1.165, 1.54) is 12.1 Å². The molecule has 2 aliphatic heterocycles. The van der Waals surface area contributed by atoms with Gasteiger partial charge in [-0.05, 0) is 42.2 Å². The van der Waals surface area contributed by atoms with Crippen molar-refractivity contribution >= 4 is 21.8 Å². The standard InChI is InChI=1S/C19H24N2O4S/c1-18(2)8-13-9-19(3,11-18)12-20(13)16(22)10-21-17(23)14-6-4-5-7-15(14)26(21,24)25/h4-7,13H,8-12H2,1-3H3. The van der Waals surface area contributed by atoms with Gasteiger partial charge in [-0.15, -0.1) is 0 Å². The highest BCUT2D eigenvalue weighted by atomic mass is 32.2. The molecule has 0 aromatic heterocycles. The average Bonchev–Trinajstić information content (AvgIpc) is 2.89. The normalized spacial score (nSPS) is 31.2. The summed E-state index contributed by atoms with van der Waals surface area (Å²) in [5.74, 6) is -0.885. The van der Waals surface area contributed by atoms with Crippen LogP contribution in [0.2, 0.25) is 0 Å². The Morgan fingerprint density at radius 2 is 1.88 bits per heavy atom. The summed E-state index contributed by atoms with van der Waals surface area (Å²) in [6.45, 7) is 6.85. The van der Waals surface area contributed by atoms with Crippen LogP contribution < -0.4 is 0 Å². The number of carbonyl (C=O) groups is 2. The summed E-state index contributed by atoms with van der Waals surface area (Å²) in [5.41, 5.74) is 0.380. The van der Waals surface area contributed by atoms with Gasteiger partial charge in [0, 0.05) is 12.6 Å². The number of hydrogen-bond donors (Lipinski definition) is 0. The summed E-state index contributed by atoms with van der Waals surface area (Å²) in [5, 5.41) is 0. The third-order valence-electron chi connectivity index (χ3n) is 5.93. The summed E-state index contributed by atoms with van der Waals surface area (Å²) >= 11 is 0. The Balaban J connectivity index is 1.58. The van der Waals surface area contributed by atoms with E-state index >= 15 is 0 Å². The van der Waals surface area contributed by atoms with Gasteiger partial charge in [0.05, 0.1) is 5.56 Å². The molecule has 1 saturated carbocycles. The Morgan fingerprint density at radius 1 is 1.19 bits per heavy atom. The van der Waals surface area contributed by atoms with Crippen LogP contribution in [0.5, 0.6) is 0 Å². The summed E-state index contributed by atoms with van der Waals surface area (Å²) in [6, 6.07) is 6.25. The topological polar surface area (TPSA) is 74.8 Å². The smallest absolute Gasteiger partial charge is 0.269 e. The fraction of sp³-hybridized carbons (Fsp3) is 0.579. The third kappa shape index (κ3) is 2.55. The highest BCUT2D eigenvalue weighted by Crippen LogP contribution is 2.52. The van der Waals surface area contributed by atoms with Gasteiger partial charge in [0.2, 0.25) is 5.91 Å². The molecule has 2 bridgehead atoms. The molecule has 2 heterocycles. The lowest BCUT2D eigenvalue weighted by atomic mass is 9.65. The van der Waals surface area contributed by atoms with Crippen LogP contribution in [-0.2, 0) is 14.8 Å². The second-order valence-corrected chi connectivity index (χ2v) is 10.9. The first-order chi connectivity index (χ1) is 12.0. The molecule has 1 saturated heterocycles. The second-order valence-electron chi connectivity index (χ2n) is 9.05. The number of benzene rings is 1. The average molecular weight is 376 g/mol. The van der Waals surface area contributed by atoms with Crippen LogP contribution in [0.4, 0.5) is 0 Å². The predicted molar refractivity (Wildman–Crippen MR) is 95.9 cm³/mol. The van der Waals surface area contributed by atoms with Crippen molar-refractivity contribution in [1.29, 1.82) is 0 Å². The maximum atomic E-state index is 12.9. The number of nitrogens with zero attached hydrogens (tertiary/aromatic N) is 2. The molecule has 7 heteroatoms. The molecule has 6 nitrogen and oxygen atoms in total. The van der Waals surface area contributed by atoms with Gasteiger partial charge in [-0.25, -0.2) is 12.7 Å². The van der Waals surface area contributed by atoms with Crippen molar-refractivity contribution in [3.05, 3.63) is 29.8 Å². The Bertz CT molecular complexity index is 908. The number of sulfonamides is 1. The summed E-state index contributed by atoms with van der Waals surface area (Å²) in [6.07, 6.45) is 2.91. The third-order valence-corrected chi connectivity index (χ3v) is 7.71. The molecular weight excluding hydrogens is 352 g/mol. The maximum Gasteiger partial charge on any atom is 0.269 e. The van der Waals surface area contributed by atoms with Crippen molar-refractivity contribution in [2.75, 3.05) is 13.1 Å². The van der Waals surface area contributed by atoms with Crippen LogP contribution in [0.15, 0.2) is 29.2 Å². The van der Waals surface area contributed by atoms with E-state index in [1.54, 1.807) is 17.0 Å². The number of hydrogen-bond acceptors (Lipinski definition) is 4. The van der Waals surface area contributed by atoms with E-state index in [-0.39, 0.29) is 33.2 Å². The highest BCUT2D eigenvalue weighted by Gasteiger charge is 2.52. The fourth-order valence-electron chi connectivity index (χ4n) is 5.35. The minimum absolute atomic E-state index is 0.00828. The van der Waals surface area contributed by atoms with Gasteiger partial charge in [-0.2, -0.15) is 0 Å². The van der Waals surface area contributed by atoms with Crippen LogP contribution in [0.25, 0.3) is 0 Å². The summed E-state index contributed by atoms with van der Waals surface area (Å²) in [4.78, 5) is 27.3. The van der Waals surface area contributed by atoms with Gasteiger partial charge in [0.1, 0.15) is 11.4 Å². The maximum absolute atomic E-state index is 12.9. The van der Waals surface area contributed by atoms with Crippen molar-refractivity contribution in [1.82, 2.24) is 9.21 Å². The van der Waals surface area contributed by atoms with E-state index in [9.17, 15) is 18.0 Å². The molecule has 3 aliphatic rings. The van der Waals surface area contributed by atoms with Gasteiger partial charge in [-0.1, -0.05) is 32.9 Å². The zero-order valence-electron chi connectivity index (χ0n) is 15.4. The van der Waals surface area contributed by atoms with E-state index in [0.29, 0.717) is 6.54 Å². The lowest BCUT2D eigenvalue weighted by molar-refractivity contribution is -0.132. The van der Waals surface area contributed by atoms with Crippen molar-refractivity contribution in [2.24, 2.45) is 10.8 Å². The van der Waals surface area contributed by atoms with Crippen molar-refractivity contribution in [3.8, 4) is 0 Å². The van der Waals surface area contributed by atoms with Gasteiger partial charge in [-0.3, -0.25) is 9.59 Å². The minimum Gasteiger partial charge on any atom is -0.338 e. The van der Waals surface area contributed by atoms with Crippen LogP contribution in [-0.4, -0.2) is 48.6 Å². The molecule has 2 amide bonds. The SMILES string of the molecule is CC1(C)CC2CC(C)(CN2C(=O)CN2C(=O)c3ccccc3S2(=O)=O)C1. The van der Waals surface area contributed by atoms with Crippen LogP contribution in [0.1, 0.15) is 50.4 Å². The quantitative estimate of drug-likeness (QED) is 0.793. The molecule has 140 valence electrons. The van der Waals surface area contributed by atoms with Gasteiger partial charge in [0.25, 0.3) is 15.9 Å². The van der Waals surface area contributed by atoms with E-state index in [2.05, 4.69) is 20.8 Å². The van der Waals surface area contributed by atoms with Crippen LogP contribution in [0.3, 0.4) is 0 Å². The number of fused-ring (bicyclic) bond motifs is 3. The monoisotopic (exact) mass is 376 g/mol. The molecular formula is C19H24N2O4S. The van der Waals surface area contributed by atoms with E-state index in [4.69, 9.17) is 0 Å². The zero-order valence-corrected chi connectivity index (χ0v) is 16.2. The minimum atomic E-state index is -3.94. The number of amides is 2. The number of carbonyl (C=O) groups excluding carboxylic acids is 2. The molecule has 0 N–H and O–H groups in total. The first-order valence-corrected chi connectivity index (χ1v) is 10.4. The van der Waals surface area contributed by atoms with Crippen LogP contribution in [0, 0.1) is 10.8 Å². The lowest BCUT2D eigenvalue weighted by Gasteiger charge is -2.39. The Kier molecular flexibility index (Phi) is 3.58. The van der Waals surface area contributed by atoms with E-state index in [0.717, 1.165) is 23.6 Å². The Labute approximate surface area is 154 Å². The van der Waals surface area contributed by atoms with Crippen molar-refractivity contribution < 1.29 is 18.0 Å². The summed E-state index contributed by atoms with van der Waals surface area (Å²) < 4.78 is 26.1. The van der Waals surface area contributed by atoms with Crippen molar-refractivity contribution in [3.63, 3.8) is 0 Å². The number of rotatable bonds is 2.